The van der Waals surface area contributed by atoms with Crippen LogP contribution in [0.1, 0.15) is 39.0 Å². The molecular weight excluding hydrogens is 248 g/mol. The van der Waals surface area contributed by atoms with Gasteiger partial charge >= 0.3 is 0 Å². The van der Waals surface area contributed by atoms with E-state index in [1.165, 1.54) is 0 Å². The van der Waals surface area contributed by atoms with Crippen LogP contribution in [0.15, 0.2) is 30.3 Å². The first-order valence-corrected chi connectivity index (χ1v) is 7.87. The van der Waals surface area contributed by atoms with Crippen molar-refractivity contribution >= 4 is 11.6 Å². The van der Waals surface area contributed by atoms with E-state index in [1.807, 2.05) is 35.2 Å². The highest BCUT2D eigenvalue weighted by molar-refractivity contribution is 5.93. The number of piperidine rings is 1. The van der Waals surface area contributed by atoms with E-state index in [4.69, 9.17) is 0 Å². The lowest BCUT2D eigenvalue weighted by molar-refractivity contribution is -0.119. The summed E-state index contributed by atoms with van der Waals surface area (Å²) in [6.07, 6.45) is 5.13. The first-order chi connectivity index (χ1) is 9.81. The average Bonchev–Trinajstić information content (AvgIpc) is 2.50. The number of para-hydroxylation sites is 1. The predicted molar refractivity (Wildman–Crippen MR) is 83.9 cm³/mol. The number of amides is 1. The van der Waals surface area contributed by atoms with E-state index in [0.29, 0.717) is 12.3 Å². The molecule has 3 heteroatoms. The smallest absolute Gasteiger partial charge is 0.227 e. The Kier molecular flexibility index (Phi) is 6.06. The largest absolute Gasteiger partial charge is 0.317 e. The van der Waals surface area contributed by atoms with Crippen molar-refractivity contribution < 1.29 is 4.79 Å². The predicted octanol–water partition coefficient (Wildman–Crippen LogP) is 3.21. The second-order valence-electron chi connectivity index (χ2n) is 5.63. The molecular formula is C17H26N2O. The van der Waals surface area contributed by atoms with Gasteiger partial charge in [-0.1, -0.05) is 31.5 Å². The maximum Gasteiger partial charge on any atom is 0.227 e. The van der Waals surface area contributed by atoms with Crippen LogP contribution in [0.2, 0.25) is 0 Å². The molecule has 0 aromatic heterocycles. The fourth-order valence-corrected chi connectivity index (χ4v) is 2.76. The van der Waals surface area contributed by atoms with Crippen LogP contribution in [0, 0.1) is 5.92 Å². The van der Waals surface area contributed by atoms with Gasteiger partial charge in [-0.2, -0.15) is 0 Å². The number of carbonyl (C=O) groups excluding carboxylic acids is 1. The third kappa shape index (κ3) is 4.34. The van der Waals surface area contributed by atoms with Crippen LogP contribution in [0.4, 0.5) is 5.69 Å². The summed E-state index contributed by atoms with van der Waals surface area (Å²) in [5.41, 5.74) is 1.04. The summed E-state index contributed by atoms with van der Waals surface area (Å²) >= 11 is 0. The topological polar surface area (TPSA) is 32.3 Å². The summed E-state index contributed by atoms with van der Waals surface area (Å²) in [5, 5.41) is 3.36. The molecule has 0 aliphatic carbocycles. The molecule has 0 radical (unpaired) electrons. The van der Waals surface area contributed by atoms with Gasteiger partial charge in [-0.15, -0.1) is 0 Å². The lowest BCUT2D eigenvalue weighted by atomic mass is 9.94. The summed E-state index contributed by atoms with van der Waals surface area (Å²) in [4.78, 5) is 14.6. The molecule has 1 amide bonds. The lowest BCUT2D eigenvalue weighted by Crippen LogP contribution is -2.36. The van der Waals surface area contributed by atoms with Gasteiger partial charge < -0.3 is 10.2 Å². The highest BCUT2D eigenvalue weighted by Gasteiger charge is 2.21. The summed E-state index contributed by atoms with van der Waals surface area (Å²) in [6, 6.07) is 10.1. The summed E-state index contributed by atoms with van der Waals surface area (Å²) < 4.78 is 0. The maximum atomic E-state index is 12.6. The molecule has 1 aromatic carbocycles. The Morgan fingerprint density at radius 3 is 2.60 bits per heavy atom. The SMILES string of the molecule is CCCCN(C(=O)CC1CCNCC1)c1ccccc1. The number of rotatable bonds is 6. The van der Waals surface area contributed by atoms with Crippen LogP contribution in [-0.4, -0.2) is 25.5 Å². The monoisotopic (exact) mass is 274 g/mol. The maximum absolute atomic E-state index is 12.6. The van der Waals surface area contributed by atoms with E-state index in [-0.39, 0.29) is 5.91 Å². The first kappa shape index (κ1) is 15.0. The van der Waals surface area contributed by atoms with Crippen molar-refractivity contribution in [1.82, 2.24) is 5.32 Å². The number of carbonyl (C=O) groups is 1. The molecule has 0 unspecified atom stereocenters. The van der Waals surface area contributed by atoms with Gasteiger partial charge in [-0.05, 0) is 50.4 Å². The molecule has 0 spiro atoms. The molecule has 1 aromatic rings. The van der Waals surface area contributed by atoms with Crippen molar-refractivity contribution in [3.8, 4) is 0 Å². The highest BCUT2D eigenvalue weighted by Crippen LogP contribution is 2.21. The van der Waals surface area contributed by atoms with Crippen molar-refractivity contribution in [2.45, 2.75) is 39.0 Å². The minimum Gasteiger partial charge on any atom is -0.317 e. The van der Waals surface area contributed by atoms with Gasteiger partial charge in [0.05, 0.1) is 0 Å². The number of unbranched alkanes of at least 4 members (excludes halogenated alkanes) is 1. The zero-order valence-corrected chi connectivity index (χ0v) is 12.5. The number of nitrogens with zero attached hydrogens (tertiary/aromatic N) is 1. The van der Waals surface area contributed by atoms with E-state index in [0.717, 1.165) is 51.0 Å². The van der Waals surface area contributed by atoms with Crippen LogP contribution in [-0.2, 0) is 4.79 Å². The Morgan fingerprint density at radius 2 is 1.95 bits per heavy atom. The third-order valence-electron chi connectivity index (χ3n) is 4.03. The van der Waals surface area contributed by atoms with E-state index >= 15 is 0 Å². The van der Waals surface area contributed by atoms with Crippen molar-refractivity contribution in [1.29, 1.82) is 0 Å². The van der Waals surface area contributed by atoms with Crippen molar-refractivity contribution in [2.75, 3.05) is 24.5 Å². The van der Waals surface area contributed by atoms with Gasteiger partial charge in [0.25, 0.3) is 0 Å². The average molecular weight is 274 g/mol. The van der Waals surface area contributed by atoms with Gasteiger partial charge in [-0.3, -0.25) is 4.79 Å². The summed E-state index contributed by atoms with van der Waals surface area (Å²) in [7, 11) is 0. The molecule has 110 valence electrons. The number of nitrogens with one attached hydrogen (secondary N) is 1. The Labute approximate surface area is 122 Å². The lowest BCUT2D eigenvalue weighted by Gasteiger charge is -2.27. The molecule has 3 nitrogen and oxygen atoms in total. The molecule has 0 atom stereocenters. The van der Waals surface area contributed by atoms with Gasteiger partial charge in [0, 0.05) is 18.7 Å². The second-order valence-corrected chi connectivity index (χ2v) is 5.63. The molecule has 0 bridgehead atoms. The van der Waals surface area contributed by atoms with Crippen molar-refractivity contribution in [3.05, 3.63) is 30.3 Å². The number of hydrogen-bond acceptors (Lipinski definition) is 2. The zero-order valence-electron chi connectivity index (χ0n) is 12.5. The van der Waals surface area contributed by atoms with E-state index in [1.54, 1.807) is 0 Å². The normalized spacial score (nSPS) is 16.1. The minimum absolute atomic E-state index is 0.288. The Balaban J connectivity index is 1.99. The zero-order chi connectivity index (χ0) is 14.2. The second kappa shape index (κ2) is 8.05. The van der Waals surface area contributed by atoms with E-state index in [9.17, 15) is 4.79 Å². The molecule has 0 saturated carbocycles. The Morgan fingerprint density at radius 1 is 1.25 bits per heavy atom. The van der Waals surface area contributed by atoms with Crippen LogP contribution in [0.25, 0.3) is 0 Å². The number of benzene rings is 1. The third-order valence-corrected chi connectivity index (χ3v) is 4.03. The fourth-order valence-electron chi connectivity index (χ4n) is 2.76. The molecule has 1 aliphatic rings. The van der Waals surface area contributed by atoms with Crippen LogP contribution in [0.3, 0.4) is 0 Å². The van der Waals surface area contributed by atoms with Crippen molar-refractivity contribution in [2.24, 2.45) is 5.92 Å². The van der Waals surface area contributed by atoms with Gasteiger partial charge in [0.15, 0.2) is 0 Å². The molecule has 1 aliphatic heterocycles. The van der Waals surface area contributed by atoms with Gasteiger partial charge in [-0.25, -0.2) is 0 Å². The van der Waals surface area contributed by atoms with Gasteiger partial charge in [0.2, 0.25) is 5.91 Å². The number of hydrogen-bond donors (Lipinski definition) is 1. The standard InChI is InChI=1S/C17H26N2O/c1-2-3-13-19(16-7-5-4-6-8-16)17(20)14-15-9-11-18-12-10-15/h4-8,15,18H,2-3,9-14H2,1H3. The first-order valence-electron chi connectivity index (χ1n) is 7.87. The molecule has 2 rings (SSSR count). The van der Waals surface area contributed by atoms with E-state index < -0.39 is 0 Å². The quantitative estimate of drug-likeness (QED) is 0.864. The number of anilines is 1. The summed E-state index contributed by atoms with van der Waals surface area (Å²) in [6.45, 7) is 5.11. The van der Waals surface area contributed by atoms with Crippen LogP contribution >= 0.6 is 0 Å². The molecule has 20 heavy (non-hydrogen) atoms. The van der Waals surface area contributed by atoms with Gasteiger partial charge in [0.1, 0.15) is 0 Å². The molecule has 1 fully saturated rings. The minimum atomic E-state index is 0.288. The van der Waals surface area contributed by atoms with E-state index in [2.05, 4.69) is 12.2 Å². The Hall–Kier alpha value is -1.35. The van der Waals surface area contributed by atoms with Crippen molar-refractivity contribution in [3.63, 3.8) is 0 Å². The molecule has 1 heterocycles. The molecule has 1 saturated heterocycles. The fraction of sp³-hybridized carbons (Fsp3) is 0.588. The summed E-state index contributed by atoms with van der Waals surface area (Å²) in [5.74, 6) is 0.841. The highest BCUT2D eigenvalue weighted by atomic mass is 16.2. The Bertz CT molecular complexity index is 399. The van der Waals surface area contributed by atoms with Crippen LogP contribution in [0.5, 0.6) is 0 Å². The van der Waals surface area contributed by atoms with Crippen LogP contribution < -0.4 is 10.2 Å². The molecule has 1 N–H and O–H groups in total.